The zero-order valence-electron chi connectivity index (χ0n) is 14.8. The Kier molecular flexibility index (Phi) is 4.25. The van der Waals surface area contributed by atoms with Crippen molar-refractivity contribution in [2.45, 2.75) is 31.3 Å². The molecule has 2 aromatic carbocycles. The maximum atomic E-state index is 12.6. The second-order valence-electron chi connectivity index (χ2n) is 7.05. The predicted octanol–water partition coefficient (Wildman–Crippen LogP) is 3.52. The molecule has 2 aliphatic heterocycles. The van der Waals surface area contributed by atoms with Crippen molar-refractivity contribution in [1.82, 2.24) is 9.80 Å². The van der Waals surface area contributed by atoms with Crippen LogP contribution in [0, 0.1) is 0 Å². The van der Waals surface area contributed by atoms with Gasteiger partial charge in [-0.1, -0.05) is 18.6 Å². The van der Waals surface area contributed by atoms with E-state index in [0.717, 1.165) is 42.5 Å². The van der Waals surface area contributed by atoms with Crippen molar-refractivity contribution in [2.75, 3.05) is 27.2 Å². The lowest BCUT2D eigenvalue weighted by Gasteiger charge is -2.47. The average molecular weight is 340 g/mol. The van der Waals surface area contributed by atoms with Crippen LogP contribution in [0.3, 0.4) is 0 Å². The molecule has 0 radical (unpaired) electrons. The first-order valence-electron chi connectivity index (χ1n) is 8.90. The molecule has 5 heteroatoms. The summed E-state index contributed by atoms with van der Waals surface area (Å²) in [6.07, 6.45) is 3.35. The van der Waals surface area contributed by atoms with Gasteiger partial charge in [0.15, 0.2) is 0 Å². The Bertz CT molecular complexity index is 778. The largest absolute Gasteiger partial charge is 0.497 e. The molecule has 0 N–H and O–H groups in total. The molecule has 0 aliphatic carbocycles. The predicted molar refractivity (Wildman–Crippen MR) is 97.3 cm³/mol. The lowest BCUT2D eigenvalue weighted by atomic mass is 9.92. The van der Waals surface area contributed by atoms with Crippen molar-refractivity contribution < 1.29 is 14.3 Å². The van der Waals surface area contributed by atoms with E-state index in [4.69, 9.17) is 9.47 Å². The number of ether oxygens (including phenoxy) is 2. The fourth-order valence-corrected chi connectivity index (χ4v) is 4.02. The molecule has 0 spiro atoms. The Morgan fingerprint density at radius 2 is 1.60 bits per heavy atom. The number of carbonyl (C=O) groups is 1. The number of hydrogen-bond acceptors (Lipinski definition) is 4. The van der Waals surface area contributed by atoms with E-state index in [1.807, 2.05) is 41.3 Å². The Hall–Kier alpha value is -2.27. The van der Waals surface area contributed by atoms with Gasteiger partial charge in [0.05, 0.1) is 7.11 Å². The summed E-state index contributed by atoms with van der Waals surface area (Å²) in [6.45, 7) is 1.52. The number of hydrogen-bond donors (Lipinski definition) is 0. The molecule has 2 heterocycles. The summed E-state index contributed by atoms with van der Waals surface area (Å²) in [5, 5.41) is 2.09. The third kappa shape index (κ3) is 3.16. The minimum Gasteiger partial charge on any atom is -0.497 e. The molecule has 2 saturated heterocycles. The third-order valence-electron chi connectivity index (χ3n) is 5.57. The molecule has 4 rings (SSSR count). The second-order valence-corrected chi connectivity index (χ2v) is 7.05. The molecule has 5 nitrogen and oxygen atoms in total. The molecule has 2 aromatic rings. The third-order valence-corrected chi connectivity index (χ3v) is 5.57. The summed E-state index contributed by atoms with van der Waals surface area (Å²) < 4.78 is 10.9. The van der Waals surface area contributed by atoms with Crippen LogP contribution in [0.5, 0.6) is 11.5 Å². The number of likely N-dealkylation sites (tertiary alicyclic amines) is 1. The number of benzene rings is 2. The van der Waals surface area contributed by atoms with E-state index in [2.05, 4.69) is 11.9 Å². The van der Waals surface area contributed by atoms with Crippen molar-refractivity contribution in [3.8, 4) is 11.5 Å². The van der Waals surface area contributed by atoms with Gasteiger partial charge in [-0.3, -0.25) is 4.90 Å². The number of nitrogens with zero attached hydrogens (tertiary/aromatic N) is 2. The standard InChI is InChI=1S/C20H24N2O3/c1-21-16-4-3-5-17(21)13-22(12-16)20(23)25-19-9-7-14-10-18(24-2)8-6-15(14)11-19/h6-11,16-17H,3-5,12-13H2,1-2H3/t16-,17+. The summed E-state index contributed by atoms with van der Waals surface area (Å²) in [5.41, 5.74) is 0. The molecule has 25 heavy (non-hydrogen) atoms. The normalized spacial score (nSPS) is 23.5. The molecule has 0 unspecified atom stereocenters. The van der Waals surface area contributed by atoms with Crippen molar-refractivity contribution in [3.63, 3.8) is 0 Å². The minimum absolute atomic E-state index is 0.238. The summed E-state index contributed by atoms with van der Waals surface area (Å²) >= 11 is 0. The fourth-order valence-electron chi connectivity index (χ4n) is 4.02. The van der Waals surface area contributed by atoms with Crippen LogP contribution in [0.4, 0.5) is 4.79 Å². The van der Waals surface area contributed by atoms with Crippen molar-refractivity contribution >= 4 is 16.9 Å². The Morgan fingerprint density at radius 3 is 2.24 bits per heavy atom. The van der Waals surface area contributed by atoms with Crippen LogP contribution >= 0.6 is 0 Å². The topological polar surface area (TPSA) is 42.0 Å². The Morgan fingerprint density at radius 1 is 1.00 bits per heavy atom. The SMILES string of the molecule is COc1ccc2cc(OC(=O)N3C[C@H]4CCC[C@@H](C3)N4C)ccc2c1. The average Bonchev–Trinajstić information content (AvgIpc) is 2.61. The van der Waals surface area contributed by atoms with Gasteiger partial charge in [-0.2, -0.15) is 0 Å². The number of likely N-dealkylation sites (N-methyl/N-ethyl adjacent to an activating group) is 1. The van der Waals surface area contributed by atoms with Crippen LogP contribution in [0.25, 0.3) is 10.8 Å². The lowest BCUT2D eigenvalue weighted by Crippen LogP contribution is -2.60. The van der Waals surface area contributed by atoms with Gasteiger partial charge in [0.1, 0.15) is 11.5 Å². The fraction of sp³-hybridized carbons (Fsp3) is 0.450. The maximum absolute atomic E-state index is 12.6. The highest BCUT2D eigenvalue weighted by atomic mass is 16.6. The molecule has 2 fully saturated rings. The molecular formula is C20H24N2O3. The van der Waals surface area contributed by atoms with Gasteiger partial charge in [-0.05, 0) is 54.9 Å². The summed E-state index contributed by atoms with van der Waals surface area (Å²) in [5.74, 6) is 1.41. The zero-order valence-corrected chi connectivity index (χ0v) is 14.8. The molecule has 132 valence electrons. The van der Waals surface area contributed by atoms with Crippen molar-refractivity contribution in [1.29, 1.82) is 0 Å². The van der Waals surface area contributed by atoms with Gasteiger partial charge in [0, 0.05) is 25.2 Å². The van der Waals surface area contributed by atoms with Crippen LogP contribution in [-0.2, 0) is 0 Å². The molecule has 0 aromatic heterocycles. The molecule has 2 bridgehead atoms. The summed E-state index contributed by atoms with van der Waals surface area (Å²) in [6, 6.07) is 12.5. The first kappa shape index (κ1) is 16.2. The second kappa shape index (κ2) is 6.56. The van der Waals surface area contributed by atoms with Gasteiger partial charge >= 0.3 is 6.09 Å². The monoisotopic (exact) mass is 340 g/mol. The van der Waals surface area contributed by atoms with Gasteiger partial charge < -0.3 is 14.4 Å². The summed E-state index contributed by atoms with van der Waals surface area (Å²) in [4.78, 5) is 16.9. The first-order chi connectivity index (χ1) is 12.1. The zero-order chi connectivity index (χ0) is 17.4. The molecule has 2 aliphatic rings. The molecular weight excluding hydrogens is 316 g/mol. The lowest BCUT2D eigenvalue weighted by molar-refractivity contribution is 0.0168. The van der Waals surface area contributed by atoms with Crippen LogP contribution in [0.15, 0.2) is 36.4 Å². The number of carbonyl (C=O) groups excluding carboxylic acids is 1. The highest BCUT2D eigenvalue weighted by Crippen LogP contribution is 2.29. The Balaban J connectivity index is 1.48. The first-order valence-corrected chi connectivity index (χ1v) is 8.90. The van der Waals surface area contributed by atoms with E-state index < -0.39 is 0 Å². The Labute approximate surface area is 148 Å². The molecule has 0 saturated carbocycles. The number of amides is 1. The molecule has 2 atom stereocenters. The van der Waals surface area contributed by atoms with Gasteiger partial charge in [0.2, 0.25) is 0 Å². The number of fused-ring (bicyclic) bond motifs is 3. The summed E-state index contributed by atoms with van der Waals surface area (Å²) in [7, 11) is 3.83. The van der Waals surface area contributed by atoms with E-state index in [0.29, 0.717) is 17.8 Å². The van der Waals surface area contributed by atoms with Crippen molar-refractivity contribution in [3.05, 3.63) is 36.4 Å². The highest BCUT2D eigenvalue weighted by Gasteiger charge is 2.37. The number of piperidine rings is 1. The van der Waals surface area contributed by atoms with E-state index in [-0.39, 0.29) is 6.09 Å². The van der Waals surface area contributed by atoms with Gasteiger partial charge in [-0.15, -0.1) is 0 Å². The van der Waals surface area contributed by atoms with Crippen LogP contribution in [-0.4, -0.2) is 55.2 Å². The minimum atomic E-state index is -0.238. The van der Waals surface area contributed by atoms with E-state index in [9.17, 15) is 4.79 Å². The van der Waals surface area contributed by atoms with E-state index >= 15 is 0 Å². The van der Waals surface area contributed by atoms with Crippen LogP contribution in [0.1, 0.15) is 19.3 Å². The maximum Gasteiger partial charge on any atom is 0.415 e. The number of rotatable bonds is 2. The van der Waals surface area contributed by atoms with Crippen molar-refractivity contribution in [2.24, 2.45) is 0 Å². The highest BCUT2D eigenvalue weighted by molar-refractivity contribution is 5.86. The van der Waals surface area contributed by atoms with Crippen LogP contribution < -0.4 is 9.47 Å². The molecule has 1 amide bonds. The number of methoxy groups -OCH3 is 1. The van der Waals surface area contributed by atoms with Crippen LogP contribution in [0.2, 0.25) is 0 Å². The van der Waals surface area contributed by atoms with Gasteiger partial charge in [-0.25, -0.2) is 4.79 Å². The smallest absolute Gasteiger partial charge is 0.415 e. The number of piperazine rings is 1. The quantitative estimate of drug-likeness (QED) is 0.839. The van der Waals surface area contributed by atoms with Gasteiger partial charge in [0.25, 0.3) is 0 Å². The van der Waals surface area contributed by atoms with E-state index in [1.165, 1.54) is 6.42 Å². The van der Waals surface area contributed by atoms with E-state index in [1.54, 1.807) is 7.11 Å².